The summed E-state index contributed by atoms with van der Waals surface area (Å²) in [5, 5.41) is 3.57. The van der Waals surface area contributed by atoms with Crippen LogP contribution in [0.1, 0.15) is 44.6 Å². The molecular weight excluding hydrogens is 324 g/mol. The van der Waals surface area contributed by atoms with E-state index in [9.17, 15) is 9.59 Å². The molecule has 3 atom stereocenters. The maximum Gasteiger partial charge on any atom is 0.226 e. The third kappa shape index (κ3) is 3.75. The third-order valence-electron chi connectivity index (χ3n) is 5.24. The maximum atomic E-state index is 12.7. The molecule has 5 heteroatoms. The van der Waals surface area contributed by atoms with Crippen molar-refractivity contribution in [2.75, 3.05) is 6.54 Å². The lowest BCUT2D eigenvalue weighted by Crippen LogP contribution is -2.44. The number of benzene rings is 1. The van der Waals surface area contributed by atoms with Gasteiger partial charge in [-0.2, -0.15) is 0 Å². The average molecular weight is 349 g/mol. The zero-order chi connectivity index (χ0) is 17.1. The van der Waals surface area contributed by atoms with E-state index in [1.807, 2.05) is 29.2 Å². The van der Waals surface area contributed by atoms with Crippen LogP contribution >= 0.6 is 11.6 Å². The fourth-order valence-corrected chi connectivity index (χ4v) is 3.84. The molecule has 130 valence electrons. The second kappa shape index (κ2) is 7.56. The summed E-state index contributed by atoms with van der Waals surface area (Å²) in [7, 11) is 0. The third-order valence-corrected chi connectivity index (χ3v) is 5.61. The van der Waals surface area contributed by atoms with Gasteiger partial charge in [0.2, 0.25) is 11.8 Å². The summed E-state index contributed by atoms with van der Waals surface area (Å²) in [4.78, 5) is 27.0. The monoisotopic (exact) mass is 348 g/mol. The zero-order valence-corrected chi connectivity index (χ0v) is 14.9. The number of rotatable bonds is 5. The van der Waals surface area contributed by atoms with Gasteiger partial charge in [0.15, 0.2) is 0 Å². The fourth-order valence-electron chi connectivity index (χ4n) is 3.64. The van der Waals surface area contributed by atoms with Crippen molar-refractivity contribution in [2.45, 2.75) is 51.6 Å². The Morgan fingerprint density at radius 3 is 2.79 bits per heavy atom. The Labute approximate surface area is 148 Å². The Morgan fingerprint density at radius 1 is 1.25 bits per heavy atom. The molecule has 1 saturated heterocycles. The molecular formula is C19H25ClN2O2. The molecule has 1 aliphatic heterocycles. The lowest BCUT2D eigenvalue weighted by atomic mass is 9.99. The van der Waals surface area contributed by atoms with Gasteiger partial charge in [-0.15, -0.1) is 0 Å². The molecule has 1 aromatic carbocycles. The normalized spacial score (nSPS) is 26.1. The smallest absolute Gasteiger partial charge is 0.226 e. The van der Waals surface area contributed by atoms with Crippen LogP contribution in [-0.2, 0) is 16.1 Å². The predicted molar refractivity (Wildman–Crippen MR) is 94.5 cm³/mol. The van der Waals surface area contributed by atoms with Crippen molar-refractivity contribution < 1.29 is 9.59 Å². The van der Waals surface area contributed by atoms with E-state index in [0.717, 1.165) is 31.4 Å². The first-order valence-electron chi connectivity index (χ1n) is 8.93. The molecule has 1 N–H and O–H groups in total. The number of nitrogens with zero attached hydrogens (tertiary/aromatic N) is 1. The van der Waals surface area contributed by atoms with E-state index in [2.05, 4.69) is 12.2 Å². The van der Waals surface area contributed by atoms with Crippen molar-refractivity contribution in [3.8, 4) is 0 Å². The molecule has 1 aliphatic carbocycles. The summed E-state index contributed by atoms with van der Waals surface area (Å²) in [6.07, 6.45) is 5.06. The summed E-state index contributed by atoms with van der Waals surface area (Å²) in [5.74, 6) is -0.138. The Morgan fingerprint density at radius 2 is 2.04 bits per heavy atom. The Bertz CT molecular complexity index is 619. The highest BCUT2D eigenvalue weighted by Crippen LogP contribution is 2.41. The van der Waals surface area contributed by atoms with E-state index in [0.29, 0.717) is 24.0 Å². The standard InChI is InChI=1S/C19H25ClN2O2/c1-2-14-8-5-6-10-22(14)19(24)16-11-15(16)18(23)21-12-13-7-3-4-9-17(13)20/h3-4,7,9,14-16H,2,5-6,8,10-12H2,1H3,(H,21,23). The first-order valence-corrected chi connectivity index (χ1v) is 9.31. The summed E-state index contributed by atoms with van der Waals surface area (Å²) in [6.45, 7) is 3.40. The van der Waals surface area contributed by atoms with Gasteiger partial charge >= 0.3 is 0 Å². The molecule has 3 unspecified atom stereocenters. The minimum absolute atomic E-state index is 0.0293. The van der Waals surface area contributed by atoms with Gasteiger partial charge in [-0.25, -0.2) is 0 Å². The highest BCUT2D eigenvalue weighted by Gasteiger charge is 2.50. The lowest BCUT2D eigenvalue weighted by Gasteiger charge is -2.35. The number of piperidine rings is 1. The Hall–Kier alpha value is -1.55. The molecule has 3 rings (SSSR count). The van der Waals surface area contributed by atoms with E-state index in [1.165, 1.54) is 6.42 Å². The number of likely N-dealkylation sites (tertiary alicyclic amines) is 1. The fraction of sp³-hybridized carbons (Fsp3) is 0.579. The Balaban J connectivity index is 1.52. The molecule has 2 amide bonds. The number of hydrogen-bond acceptors (Lipinski definition) is 2. The molecule has 0 spiro atoms. The van der Waals surface area contributed by atoms with E-state index >= 15 is 0 Å². The highest BCUT2D eigenvalue weighted by atomic mass is 35.5. The van der Waals surface area contributed by atoms with Crippen LogP contribution in [0.3, 0.4) is 0 Å². The molecule has 2 aliphatic rings. The van der Waals surface area contributed by atoms with Crippen molar-refractivity contribution in [1.82, 2.24) is 10.2 Å². The second-order valence-electron chi connectivity index (χ2n) is 6.85. The molecule has 4 nitrogen and oxygen atoms in total. The second-order valence-corrected chi connectivity index (χ2v) is 7.25. The van der Waals surface area contributed by atoms with Gasteiger partial charge in [0.1, 0.15) is 0 Å². The molecule has 1 heterocycles. The largest absolute Gasteiger partial charge is 0.352 e. The van der Waals surface area contributed by atoms with Crippen LogP contribution in [0.25, 0.3) is 0 Å². The van der Waals surface area contributed by atoms with Crippen LogP contribution in [0, 0.1) is 11.8 Å². The number of carbonyl (C=O) groups is 2. The van der Waals surface area contributed by atoms with Gasteiger partial charge in [-0.05, 0) is 43.7 Å². The summed E-state index contributed by atoms with van der Waals surface area (Å²) in [6, 6.07) is 7.84. The average Bonchev–Trinajstić information content (AvgIpc) is 3.41. The van der Waals surface area contributed by atoms with Crippen molar-refractivity contribution in [3.05, 3.63) is 34.9 Å². The topological polar surface area (TPSA) is 49.4 Å². The van der Waals surface area contributed by atoms with Crippen molar-refractivity contribution in [2.24, 2.45) is 11.8 Å². The van der Waals surface area contributed by atoms with Crippen LogP contribution in [0.15, 0.2) is 24.3 Å². The van der Waals surface area contributed by atoms with Crippen molar-refractivity contribution in [3.63, 3.8) is 0 Å². The minimum atomic E-state index is -0.167. The van der Waals surface area contributed by atoms with Gasteiger partial charge in [0.05, 0.1) is 11.8 Å². The molecule has 0 bridgehead atoms. The van der Waals surface area contributed by atoms with Crippen LogP contribution in [-0.4, -0.2) is 29.3 Å². The van der Waals surface area contributed by atoms with Gasteiger partial charge in [0, 0.05) is 24.2 Å². The number of carbonyl (C=O) groups excluding carboxylic acids is 2. The molecule has 24 heavy (non-hydrogen) atoms. The van der Waals surface area contributed by atoms with E-state index < -0.39 is 0 Å². The number of halogens is 1. The van der Waals surface area contributed by atoms with Gasteiger partial charge < -0.3 is 10.2 Å². The van der Waals surface area contributed by atoms with Crippen LogP contribution in [0.2, 0.25) is 5.02 Å². The van der Waals surface area contributed by atoms with Crippen LogP contribution in [0.4, 0.5) is 0 Å². The first kappa shape index (κ1) is 17.3. The predicted octanol–water partition coefficient (Wildman–Crippen LogP) is 3.38. The SMILES string of the molecule is CCC1CCCCN1C(=O)C1CC1C(=O)NCc1ccccc1Cl. The summed E-state index contributed by atoms with van der Waals surface area (Å²) >= 11 is 6.10. The molecule has 2 fully saturated rings. The van der Waals surface area contributed by atoms with Crippen LogP contribution < -0.4 is 5.32 Å². The number of nitrogens with one attached hydrogen (secondary N) is 1. The lowest BCUT2D eigenvalue weighted by molar-refractivity contribution is -0.138. The maximum absolute atomic E-state index is 12.7. The molecule has 0 aromatic heterocycles. The summed E-state index contributed by atoms with van der Waals surface area (Å²) < 4.78 is 0. The van der Waals surface area contributed by atoms with E-state index in [-0.39, 0.29) is 23.7 Å². The molecule has 0 radical (unpaired) electrons. The van der Waals surface area contributed by atoms with Gasteiger partial charge in [-0.3, -0.25) is 9.59 Å². The van der Waals surface area contributed by atoms with Gasteiger partial charge in [-0.1, -0.05) is 36.7 Å². The summed E-state index contributed by atoms with van der Waals surface area (Å²) in [5.41, 5.74) is 0.901. The molecule has 1 saturated carbocycles. The quantitative estimate of drug-likeness (QED) is 0.886. The van der Waals surface area contributed by atoms with E-state index in [4.69, 9.17) is 11.6 Å². The number of hydrogen-bond donors (Lipinski definition) is 1. The van der Waals surface area contributed by atoms with Crippen LogP contribution in [0.5, 0.6) is 0 Å². The van der Waals surface area contributed by atoms with Gasteiger partial charge in [0.25, 0.3) is 0 Å². The minimum Gasteiger partial charge on any atom is -0.352 e. The first-order chi connectivity index (χ1) is 11.6. The van der Waals surface area contributed by atoms with E-state index in [1.54, 1.807) is 0 Å². The van der Waals surface area contributed by atoms with Crippen molar-refractivity contribution in [1.29, 1.82) is 0 Å². The number of amides is 2. The highest BCUT2D eigenvalue weighted by molar-refractivity contribution is 6.31. The molecule has 1 aromatic rings. The Kier molecular flexibility index (Phi) is 5.44. The van der Waals surface area contributed by atoms with Crippen molar-refractivity contribution >= 4 is 23.4 Å². The zero-order valence-electron chi connectivity index (χ0n) is 14.1.